The van der Waals surface area contributed by atoms with Crippen molar-refractivity contribution in [3.05, 3.63) is 181 Å². The Hall–Kier alpha value is -6.65. The van der Waals surface area contributed by atoms with Gasteiger partial charge in [-0.25, -0.2) is 9.97 Å². The molecule has 0 aliphatic heterocycles. The first-order valence-corrected chi connectivity index (χ1v) is 17.8. The molecule has 10 rings (SSSR count). The lowest BCUT2D eigenvalue weighted by Gasteiger charge is -2.24. The summed E-state index contributed by atoms with van der Waals surface area (Å²) in [4.78, 5) is 15.3. The van der Waals surface area contributed by atoms with E-state index in [4.69, 9.17) is 9.97 Å². The zero-order valence-corrected chi connectivity index (χ0v) is 29.0. The van der Waals surface area contributed by atoms with Crippen LogP contribution in [0, 0.1) is 0 Å². The highest BCUT2D eigenvalue weighted by atomic mass is 15.0. The summed E-state index contributed by atoms with van der Waals surface area (Å²) in [7, 11) is 0. The molecule has 0 saturated heterocycles. The number of para-hydroxylation sites is 2. The van der Waals surface area contributed by atoms with Gasteiger partial charge >= 0.3 is 0 Å². The molecular formula is C48H34N4. The normalized spacial score (nSPS) is 13.0. The summed E-state index contributed by atoms with van der Waals surface area (Å²) in [5.74, 6) is 0.711. The number of benzene rings is 6. The van der Waals surface area contributed by atoms with Crippen LogP contribution in [0.2, 0.25) is 0 Å². The SMILES string of the molecule is CC1(C)c2ccccc2-c2nc(-c3cccc(-c4ccccn4)c3)nc(-c3ccc(-c4ccc5c(c4)c4ccccc4n5-c4ccccc4)cc3)c21. The molecule has 0 unspecified atom stereocenters. The van der Waals surface area contributed by atoms with E-state index in [2.05, 4.69) is 169 Å². The molecule has 3 aromatic heterocycles. The highest BCUT2D eigenvalue weighted by Crippen LogP contribution is 2.51. The van der Waals surface area contributed by atoms with E-state index in [-0.39, 0.29) is 5.41 Å². The molecule has 0 atom stereocenters. The minimum Gasteiger partial charge on any atom is -0.309 e. The van der Waals surface area contributed by atoms with E-state index in [9.17, 15) is 0 Å². The number of nitrogens with zero attached hydrogens (tertiary/aromatic N) is 4. The fraction of sp³-hybridized carbons (Fsp3) is 0.0625. The molecule has 1 aliphatic carbocycles. The number of rotatable bonds is 5. The van der Waals surface area contributed by atoms with Crippen molar-refractivity contribution in [1.29, 1.82) is 0 Å². The van der Waals surface area contributed by atoms with Crippen LogP contribution in [-0.4, -0.2) is 19.5 Å². The Balaban J connectivity index is 1.10. The maximum atomic E-state index is 5.37. The summed E-state index contributed by atoms with van der Waals surface area (Å²) in [6.45, 7) is 4.59. The molecule has 0 saturated carbocycles. The van der Waals surface area contributed by atoms with Gasteiger partial charge in [0.2, 0.25) is 0 Å². The summed E-state index contributed by atoms with van der Waals surface area (Å²) in [5, 5.41) is 2.49. The third kappa shape index (κ3) is 4.72. The maximum Gasteiger partial charge on any atom is 0.160 e. The van der Waals surface area contributed by atoms with Crippen molar-refractivity contribution in [2.24, 2.45) is 0 Å². The molecular weight excluding hydrogens is 633 g/mol. The predicted molar refractivity (Wildman–Crippen MR) is 213 cm³/mol. The minimum atomic E-state index is -0.258. The second-order valence-corrected chi connectivity index (χ2v) is 14.1. The Kier molecular flexibility index (Phi) is 6.80. The van der Waals surface area contributed by atoms with E-state index in [0.29, 0.717) is 5.82 Å². The lowest BCUT2D eigenvalue weighted by atomic mass is 9.80. The first-order chi connectivity index (χ1) is 25.5. The molecule has 0 spiro atoms. The zero-order valence-electron chi connectivity index (χ0n) is 29.0. The molecule has 0 bridgehead atoms. The van der Waals surface area contributed by atoms with Crippen molar-refractivity contribution in [2.75, 3.05) is 0 Å². The first-order valence-electron chi connectivity index (χ1n) is 17.8. The molecule has 3 heterocycles. The maximum absolute atomic E-state index is 5.37. The van der Waals surface area contributed by atoms with E-state index < -0.39 is 0 Å². The van der Waals surface area contributed by atoms with Crippen LogP contribution >= 0.6 is 0 Å². The molecule has 9 aromatic rings. The Morgan fingerprint density at radius 3 is 2.02 bits per heavy atom. The first kappa shape index (κ1) is 30.2. The largest absolute Gasteiger partial charge is 0.309 e. The summed E-state index contributed by atoms with van der Waals surface area (Å²) >= 11 is 0. The fourth-order valence-corrected chi connectivity index (χ4v) is 8.13. The Bertz CT molecular complexity index is 2800. The minimum absolute atomic E-state index is 0.258. The lowest BCUT2D eigenvalue weighted by molar-refractivity contribution is 0.658. The van der Waals surface area contributed by atoms with E-state index in [0.717, 1.165) is 39.5 Å². The third-order valence-corrected chi connectivity index (χ3v) is 10.6. The van der Waals surface area contributed by atoms with Crippen LogP contribution in [0.25, 0.3) is 83.8 Å². The fourth-order valence-electron chi connectivity index (χ4n) is 8.13. The van der Waals surface area contributed by atoms with Crippen LogP contribution in [-0.2, 0) is 5.41 Å². The van der Waals surface area contributed by atoms with Crippen molar-refractivity contribution in [2.45, 2.75) is 19.3 Å². The van der Waals surface area contributed by atoms with Crippen LogP contribution < -0.4 is 0 Å². The zero-order chi connectivity index (χ0) is 34.8. The third-order valence-electron chi connectivity index (χ3n) is 10.6. The standard InChI is InChI=1S/C48H34N4/c1-48(2)40-19-8-6-18-38(40)46-44(48)45(50-47(51-46)35-14-12-13-34(29-35)41-20-10-11-28-49-41)32-24-22-31(23-25-32)33-26-27-43-39(30-33)37-17-7-9-21-42(37)52(43)36-15-4-3-5-16-36/h3-30H,1-2H3. The Morgan fingerprint density at radius 2 is 1.17 bits per heavy atom. The molecule has 6 aromatic carbocycles. The number of hydrogen-bond acceptors (Lipinski definition) is 3. The van der Waals surface area contributed by atoms with Crippen LogP contribution in [0.5, 0.6) is 0 Å². The number of pyridine rings is 1. The molecule has 246 valence electrons. The average molecular weight is 667 g/mol. The summed E-state index contributed by atoms with van der Waals surface area (Å²) < 4.78 is 2.36. The van der Waals surface area contributed by atoms with Gasteiger partial charge in [0.05, 0.1) is 28.1 Å². The second kappa shape index (κ2) is 11.7. The summed E-state index contributed by atoms with van der Waals surface area (Å²) in [5.41, 5.74) is 15.3. The number of fused-ring (bicyclic) bond motifs is 6. The highest BCUT2D eigenvalue weighted by Gasteiger charge is 2.40. The smallest absolute Gasteiger partial charge is 0.160 e. The van der Waals surface area contributed by atoms with Crippen molar-refractivity contribution in [1.82, 2.24) is 19.5 Å². The van der Waals surface area contributed by atoms with Crippen molar-refractivity contribution in [3.63, 3.8) is 0 Å². The lowest BCUT2D eigenvalue weighted by Crippen LogP contribution is -2.17. The monoisotopic (exact) mass is 666 g/mol. The van der Waals surface area contributed by atoms with E-state index >= 15 is 0 Å². The molecule has 0 amide bonds. The molecule has 1 aliphatic rings. The van der Waals surface area contributed by atoms with Gasteiger partial charge in [-0.05, 0) is 65.2 Å². The predicted octanol–water partition coefficient (Wildman–Crippen LogP) is 11.9. The summed E-state index contributed by atoms with van der Waals surface area (Å²) in [6, 6.07) is 58.1. The van der Waals surface area contributed by atoms with Crippen molar-refractivity contribution < 1.29 is 0 Å². The Morgan fingerprint density at radius 1 is 0.481 bits per heavy atom. The van der Waals surface area contributed by atoms with E-state index in [1.807, 2.05) is 24.4 Å². The molecule has 0 radical (unpaired) electrons. The van der Waals surface area contributed by atoms with Gasteiger partial charge in [-0.2, -0.15) is 0 Å². The van der Waals surface area contributed by atoms with Gasteiger partial charge in [-0.3, -0.25) is 4.98 Å². The van der Waals surface area contributed by atoms with Gasteiger partial charge in [0.25, 0.3) is 0 Å². The quantitative estimate of drug-likeness (QED) is 0.184. The Labute approximate surface area is 302 Å². The molecule has 4 nitrogen and oxygen atoms in total. The summed E-state index contributed by atoms with van der Waals surface area (Å²) in [6.07, 6.45) is 1.83. The van der Waals surface area contributed by atoms with E-state index in [1.54, 1.807) is 0 Å². The van der Waals surface area contributed by atoms with Gasteiger partial charge in [-0.15, -0.1) is 0 Å². The average Bonchev–Trinajstić information content (AvgIpc) is 3.66. The molecule has 4 heteroatoms. The molecule has 52 heavy (non-hydrogen) atoms. The van der Waals surface area contributed by atoms with Crippen LogP contribution in [0.3, 0.4) is 0 Å². The van der Waals surface area contributed by atoms with Gasteiger partial charge < -0.3 is 4.57 Å². The van der Waals surface area contributed by atoms with Crippen LogP contribution in [0.15, 0.2) is 170 Å². The van der Waals surface area contributed by atoms with Crippen molar-refractivity contribution >= 4 is 21.8 Å². The topological polar surface area (TPSA) is 43.6 Å². The number of hydrogen-bond donors (Lipinski definition) is 0. The van der Waals surface area contributed by atoms with E-state index in [1.165, 1.54) is 49.6 Å². The van der Waals surface area contributed by atoms with Crippen molar-refractivity contribution in [3.8, 4) is 62.0 Å². The highest BCUT2D eigenvalue weighted by molar-refractivity contribution is 6.10. The van der Waals surface area contributed by atoms with Crippen LogP contribution in [0.1, 0.15) is 25.0 Å². The molecule has 0 fully saturated rings. The van der Waals surface area contributed by atoms with Gasteiger partial charge in [0.1, 0.15) is 0 Å². The van der Waals surface area contributed by atoms with Crippen LogP contribution in [0.4, 0.5) is 0 Å². The molecule has 0 N–H and O–H groups in total. The van der Waals surface area contributed by atoms with Gasteiger partial charge in [0.15, 0.2) is 5.82 Å². The van der Waals surface area contributed by atoms with Gasteiger partial charge in [-0.1, -0.05) is 129 Å². The second-order valence-electron chi connectivity index (χ2n) is 14.1. The number of aromatic nitrogens is 4. The van der Waals surface area contributed by atoms with Gasteiger partial charge in [0, 0.05) is 55.9 Å².